The minimum Gasteiger partial charge on any atom is -0.756 e. The molecule has 0 heterocycles. The highest BCUT2D eigenvalue weighted by molar-refractivity contribution is 7.45. The number of carbonyl (C=O) groups excluding carboxylic acids is 1. The van der Waals surface area contributed by atoms with E-state index in [0.717, 1.165) is 38.5 Å². The maximum atomic E-state index is 12.8. The van der Waals surface area contributed by atoms with Crippen molar-refractivity contribution in [3.8, 4) is 0 Å². The second-order valence-electron chi connectivity index (χ2n) is 15.7. The van der Waals surface area contributed by atoms with Crippen molar-refractivity contribution in [1.82, 2.24) is 5.32 Å². The molecule has 0 aliphatic carbocycles. The van der Waals surface area contributed by atoms with Crippen LogP contribution in [0.15, 0.2) is 24.3 Å². The number of aliphatic hydroxyl groups is 1. The minimum absolute atomic E-state index is 0.000943. The molecule has 0 rings (SSSR count). The molecule has 2 N–H and O–H groups in total. The summed E-state index contributed by atoms with van der Waals surface area (Å²) in [4.78, 5) is 25.2. The molecule has 3 atom stereocenters. The summed E-state index contributed by atoms with van der Waals surface area (Å²) < 4.78 is 23.1. The molecule has 0 saturated carbocycles. The molecule has 9 heteroatoms. The third-order valence-corrected chi connectivity index (χ3v) is 10.4. The maximum Gasteiger partial charge on any atom is 0.268 e. The van der Waals surface area contributed by atoms with Crippen molar-refractivity contribution in [1.29, 1.82) is 0 Å². The monoisotopic (exact) mass is 743 g/mol. The molecule has 0 aliphatic heterocycles. The van der Waals surface area contributed by atoms with Gasteiger partial charge in [-0.2, -0.15) is 0 Å². The van der Waals surface area contributed by atoms with Gasteiger partial charge in [0.2, 0.25) is 5.91 Å². The van der Waals surface area contributed by atoms with Gasteiger partial charge in [-0.15, -0.1) is 0 Å². The maximum absolute atomic E-state index is 12.8. The largest absolute Gasteiger partial charge is 0.756 e. The Hall–Kier alpha value is -1.02. The third kappa shape index (κ3) is 37.1. The van der Waals surface area contributed by atoms with E-state index in [1.54, 1.807) is 6.08 Å². The van der Waals surface area contributed by atoms with Gasteiger partial charge in [-0.05, 0) is 44.9 Å². The molecule has 302 valence electrons. The Labute approximate surface area is 315 Å². The van der Waals surface area contributed by atoms with Gasteiger partial charge in [0.25, 0.3) is 7.82 Å². The summed E-state index contributed by atoms with van der Waals surface area (Å²) >= 11 is 0. The molecule has 0 fully saturated rings. The van der Waals surface area contributed by atoms with Gasteiger partial charge in [-0.25, -0.2) is 0 Å². The average molecular weight is 743 g/mol. The number of aliphatic hydroxyl groups excluding tert-OH is 1. The van der Waals surface area contributed by atoms with E-state index >= 15 is 0 Å². The van der Waals surface area contributed by atoms with Crippen LogP contribution in [0.25, 0.3) is 0 Å². The van der Waals surface area contributed by atoms with Crippen molar-refractivity contribution in [2.24, 2.45) is 0 Å². The number of amides is 1. The van der Waals surface area contributed by atoms with E-state index in [9.17, 15) is 19.4 Å². The number of allylic oxidation sites excluding steroid dienone is 3. The van der Waals surface area contributed by atoms with E-state index in [4.69, 9.17) is 9.05 Å². The summed E-state index contributed by atoms with van der Waals surface area (Å²) in [5.41, 5.74) is 0. The Morgan fingerprint density at radius 2 is 1.08 bits per heavy atom. The first-order valence-electron chi connectivity index (χ1n) is 21.2. The van der Waals surface area contributed by atoms with Crippen LogP contribution in [0.4, 0.5) is 0 Å². The summed E-state index contributed by atoms with van der Waals surface area (Å²) in [5.74, 6) is -0.204. The lowest BCUT2D eigenvalue weighted by Gasteiger charge is -2.29. The van der Waals surface area contributed by atoms with Gasteiger partial charge in [0.1, 0.15) is 13.2 Å². The number of quaternary nitrogens is 1. The van der Waals surface area contributed by atoms with Crippen LogP contribution in [0.2, 0.25) is 0 Å². The van der Waals surface area contributed by atoms with Crippen LogP contribution in [0.1, 0.15) is 187 Å². The van der Waals surface area contributed by atoms with Crippen molar-refractivity contribution in [3.05, 3.63) is 24.3 Å². The van der Waals surface area contributed by atoms with Gasteiger partial charge in [0, 0.05) is 6.42 Å². The Morgan fingerprint density at radius 1 is 0.667 bits per heavy atom. The van der Waals surface area contributed by atoms with Crippen LogP contribution in [0.3, 0.4) is 0 Å². The van der Waals surface area contributed by atoms with E-state index in [1.165, 1.54) is 128 Å². The van der Waals surface area contributed by atoms with Gasteiger partial charge in [0.05, 0.1) is 39.9 Å². The van der Waals surface area contributed by atoms with Crippen molar-refractivity contribution in [2.45, 2.75) is 199 Å². The lowest BCUT2D eigenvalue weighted by atomic mass is 10.0. The van der Waals surface area contributed by atoms with E-state index in [0.29, 0.717) is 17.4 Å². The van der Waals surface area contributed by atoms with Gasteiger partial charge in [0.15, 0.2) is 0 Å². The standard InChI is InChI=1S/C42H83N2O6P/c1-6-8-10-12-14-16-18-20-22-24-26-28-30-32-34-36-42(46)43-40(39-50-51(47,48)49-38-37-44(3,4)5)41(45)35-33-31-29-27-25-23-21-19-17-15-13-11-9-7-2/h16,18,33,35,40-41,45H,6-15,17,19-32,34,36-39H2,1-5H3,(H-,43,46,47,48)/b18-16-,35-33+. The molecular weight excluding hydrogens is 659 g/mol. The zero-order chi connectivity index (χ0) is 37.9. The number of rotatable bonds is 38. The summed E-state index contributed by atoms with van der Waals surface area (Å²) in [6.07, 6.45) is 39.2. The molecule has 0 aromatic carbocycles. The highest BCUT2D eigenvalue weighted by Gasteiger charge is 2.23. The van der Waals surface area contributed by atoms with Gasteiger partial charge in [-0.3, -0.25) is 9.36 Å². The quantitative estimate of drug-likeness (QED) is 0.0282. The topological polar surface area (TPSA) is 108 Å². The van der Waals surface area contributed by atoms with Crippen molar-refractivity contribution in [2.75, 3.05) is 40.9 Å². The van der Waals surface area contributed by atoms with E-state index in [1.807, 2.05) is 27.2 Å². The molecule has 8 nitrogen and oxygen atoms in total. The Kier molecular flexibility index (Phi) is 34.0. The number of hydrogen-bond acceptors (Lipinski definition) is 6. The molecule has 0 aliphatic rings. The Morgan fingerprint density at radius 3 is 1.55 bits per heavy atom. The Balaban J connectivity index is 4.47. The molecular formula is C42H83N2O6P. The first-order chi connectivity index (χ1) is 24.5. The number of phosphoric acid groups is 1. The van der Waals surface area contributed by atoms with Crippen LogP contribution in [-0.4, -0.2) is 68.5 Å². The first kappa shape index (κ1) is 50.0. The SMILES string of the molecule is CCCCCC/C=C\CCCCCCCCCC(=O)NC(COP(=O)([O-])OCC[N+](C)(C)C)C(O)/C=C/CCCCCCCCCCCCCC. The molecule has 1 amide bonds. The normalized spacial score (nSPS) is 14.7. The van der Waals surface area contributed by atoms with Crippen molar-refractivity contribution in [3.63, 3.8) is 0 Å². The minimum atomic E-state index is -4.58. The number of hydrogen-bond donors (Lipinski definition) is 2. The lowest BCUT2D eigenvalue weighted by molar-refractivity contribution is -0.870. The summed E-state index contributed by atoms with van der Waals surface area (Å²) in [5, 5.41) is 13.7. The molecule has 3 unspecified atom stereocenters. The van der Waals surface area contributed by atoms with Crippen LogP contribution < -0.4 is 10.2 Å². The predicted octanol–water partition coefficient (Wildman–Crippen LogP) is 10.7. The van der Waals surface area contributed by atoms with E-state index < -0.39 is 20.0 Å². The molecule has 0 saturated heterocycles. The van der Waals surface area contributed by atoms with Gasteiger partial charge >= 0.3 is 0 Å². The van der Waals surface area contributed by atoms with Crippen LogP contribution in [0.5, 0.6) is 0 Å². The number of carbonyl (C=O) groups is 1. The predicted molar refractivity (Wildman–Crippen MR) is 215 cm³/mol. The highest BCUT2D eigenvalue weighted by atomic mass is 31.2. The molecule has 0 aromatic rings. The molecule has 0 aromatic heterocycles. The number of nitrogens with one attached hydrogen (secondary N) is 1. The second-order valence-corrected chi connectivity index (χ2v) is 17.1. The Bertz CT molecular complexity index is 891. The van der Waals surface area contributed by atoms with E-state index in [2.05, 4.69) is 31.3 Å². The highest BCUT2D eigenvalue weighted by Crippen LogP contribution is 2.38. The fourth-order valence-corrected chi connectivity index (χ4v) is 6.69. The zero-order valence-electron chi connectivity index (χ0n) is 34.1. The number of phosphoric ester groups is 1. The fourth-order valence-electron chi connectivity index (χ4n) is 5.97. The summed E-state index contributed by atoms with van der Waals surface area (Å²) in [6, 6.07) is -0.884. The van der Waals surface area contributed by atoms with Crippen LogP contribution in [-0.2, 0) is 18.4 Å². The molecule has 51 heavy (non-hydrogen) atoms. The molecule has 0 spiro atoms. The van der Waals surface area contributed by atoms with Gasteiger partial charge < -0.3 is 28.8 Å². The van der Waals surface area contributed by atoms with Crippen molar-refractivity contribution >= 4 is 13.7 Å². The number of likely N-dealkylation sites (N-methyl/N-ethyl adjacent to an activating group) is 1. The zero-order valence-corrected chi connectivity index (χ0v) is 35.0. The van der Waals surface area contributed by atoms with E-state index in [-0.39, 0.29) is 19.1 Å². The lowest BCUT2D eigenvalue weighted by Crippen LogP contribution is -2.45. The molecule has 0 radical (unpaired) electrons. The van der Waals surface area contributed by atoms with Crippen molar-refractivity contribution < 1.29 is 32.9 Å². The molecule has 0 bridgehead atoms. The summed E-state index contributed by atoms with van der Waals surface area (Å²) in [7, 11) is 1.26. The van der Waals surface area contributed by atoms with Gasteiger partial charge in [-0.1, -0.05) is 160 Å². The third-order valence-electron chi connectivity index (χ3n) is 9.41. The smallest absolute Gasteiger partial charge is 0.268 e. The first-order valence-corrected chi connectivity index (χ1v) is 22.7. The number of unbranched alkanes of at least 4 members (excludes halogenated alkanes) is 23. The van der Waals surface area contributed by atoms with Crippen LogP contribution >= 0.6 is 7.82 Å². The average Bonchev–Trinajstić information content (AvgIpc) is 3.07. The van der Waals surface area contributed by atoms with Crippen LogP contribution in [0, 0.1) is 0 Å². The number of nitrogens with zero attached hydrogens (tertiary/aromatic N) is 1. The second kappa shape index (κ2) is 34.7. The fraction of sp³-hybridized carbons (Fsp3) is 0.881. The summed E-state index contributed by atoms with van der Waals surface area (Å²) in [6.45, 7) is 4.62.